The molecule has 23 heavy (non-hydrogen) atoms. The summed E-state index contributed by atoms with van der Waals surface area (Å²) in [4.78, 5) is 16.1. The second kappa shape index (κ2) is 5.93. The number of rotatable bonds is 1. The lowest BCUT2D eigenvalue weighted by atomic mass is 10.1. The highest BCUT2D eigenvalue weighted by Gasteiger charge is 2.06. The van der Waals surface area contributed by atoms with Crippen LogP contribution in [0.5, 0.6) is 0 Å². The highest BCUT2D eigenvalue weighted by atomic mass is 16.1. The van der Waals surface area contributed by atoms with Crippen LogP contribution in [0.4, 0.5) is 0 Å². The van der Waals surface area contributed by atoms with E-state index in [0.717, 1.165) is 11.4 Å². The summed E-state index contributed by atoms with van der Waals surface area (Å²) < 4.78 is 3.10. The van der Waals surface area contributed by atoms with E-state index in [9.17, 15) is 4.79 Å². The van der Waals surface area contributed by atoms with Gasteiger partial charge in [0.05, 0.1) is 11.9 Å². The lowest BCUT2D eigenvalue weighted by Gasteiger charge is -2.03. The fourth-order valence-corrected chi connectivity index (χ4v) is 2.24. The maximum atomic E-state index is 11.7. The fraction of sp³-hybridized carbons (Fsp3) is 0.167. The summed E-state index contributed by atoms with van der Waals surface area (Å²) >= 11 is 0. The van der Waals surface area contributed by atoms with Gasteiger partial charge in [-0.05, 0) is 37.5 Å². The first-order chi connectivity index (χ1) is 11.0. The van der Waals surface area contributed by atoms with Crippen LogP contribution in [0.2, 0.25) is 0 Å². The van der Waals surface area contributed by atoms with Crippen molar-refractivity contribution in [1.82, 2.24) is 19.3 Å². The normalized spacial score (nSPS) is 10.2. The molecule has 5 nitrogen and oxygen atoms in total. The number of nitrogens with zero attached hydrogens (tertiary/aromatic N) is 4. The molecule has 1 aromatic carbocycles. The summed E-state index contributed by atoms with van der Waals surface area (Å²) in [6.45, 7) is 3.91. The highest BCUT2D eigenvalue weighted by Crippen LogP contribution is 2.09. The van der Waals surface area contributed by atoms with Crippen molar-refractivity contribution in [3.05, 3.63) is 75.7 Å². The summed E-state index contributed by atoms with van der Waals surface area (Å²) in [6.07, 6.45) is 3.45. The zero-order valence-corrected chi connectivity index (χ0v) is 13.2. The van der Waals surface area contributed by atoms with Crippen molar-refractivity contribution >= 4 is 0 Å². The van der Waals surface area contributed by atoms with Crippen molar-refractivity contribution < 1.29 is 0 Å². The van der Waals surface area contributed by atoms with Gasteiger partial charge in [0.2, 0.25) is 0 Å². The van der Waals surface area contributed by atoms with Gasteiger partial charge in [0.1, 0.15) is 11.5 Å². The van der Waals surface area contributed by atoms with Crippen molar-refractivity contribution in [2.75, 3.05) is 0 Å². The topological polar surface area (TPSA) is 52.7 Å². The Bertz CT molecular complexity index is 986. The van der Waals surface area contributed by atoms with Gasteiger partial charge in [0, 0.05) is 24.9 Å². The average molecular weight is 304 g/mol. The van der Waals surface area contributed by atoms with Gasteiger partial charge in [-0.15, -0.1) is 0 Å². The van der Waals surface area contributed by atoms with E-state index in [0.29, 0.717) is 11.4 Å². The van der Waals surface area contributed by atoms with E-state index in [1.54, 1.807) is 13.2 Å². The van der Waals surface area contributed by atoms with Crippen molar-refractivity contribution in [1.29, 1.82) is 0 Å². The molecule has 3 rings (SSSR count). The van der Waals surface area contributed by atoms with Crippen LogP contribution < -0.4 is 5.56 Å². The van der Waals surface area contributed by atoms with Gasteiger partial charge in [0.15, 0.2) is 0 Å². The van der Waals surface area contributed by atoms with E-state index < -0.39 is 0 Å². The molecule has 114 valence electrons. The minimum absolute atomic E-state index is 0.164. The predicted octanol–water partition coefficient (Wildman–Crippen LogP) is 1.98. The Hall–Kier alpha value is -3.13. The smallest absolute Gasteiger partial charge is 0.268 e. The third-order valence-electron chi connectivity index (χ3n) is 3.47. The molecule has 0 unspecified atom stereocenters. The van der Waals surface area contributed by atoms with Crippen molar-refractivity contribution in [2.24, 2.45) is 7.05 Å². The summed E-state index contributed by atoms with van der Waals surface area (Å²) in [5.41, 5.74) is 3.30. The third-order valence-corrected chi connectivity index (χ3v) is 3.47. The highest BCUT2D eigenvalue weighted by molar-refractivity contribution is 5.42. The Morgan fingerprint density at radius 3 is 2.70 bits per heavy atom. The summed E-state index contributed by atoms with van der Waals surface area (Å²) in [7, 11) is 1.62. The van der Waals surface area contributed by atoms with Crippen molar-refractivity contribution in [2.45, 2.75) is 13.8 Å². The molecule has 3 aromatic rings. The van der Waals surface area contributed by atoms with E-state index >= 15 is 0 Å². The van der Waals surface area contributed by atoms with Crippen molar-refractivity contribution in [3.8, 4) is 17.5 Å². The second-order valence-corrected chi connectivity index (χ2v) is 5.34. The SMILES string of the molecule is Cc1cccc(C#Cc2cn(-c3cnn(C)c(=O)c3)c(C)n2)c1. The molecule has 0 saturated carbocycles. The van der Waals surface area contributed by atoms with E-state index in [1.807, 2.05) is 48.9 Å². The Morgan fingerprint density at radius 1 is 1.13 bits per heavy atom. The number of aryl methyl sites for hydroxylation is 3. The summed E-state index contributed by atoms with van der Waals surface area (Å²) in [5, 5.41) is 4.03. The van der Waals surface area contributed by atoms with Crippen LogP contribution >= 0.6 is 0 Å². The standard InChI is InChI=1S/C18H16N4O/c1-13-5-4-6-15(9-13)7-8-16-12-22(14(2)20-16)17-10-18(23)21(3)19-11-17/h4-6,9-12H,1-3H3. The average Bonchev–Trinajstić information content (AvgIpc) is 2.89. The maximum absolute atomic E-state index is 11.7. The van der Waals surface area contributed by atoms with Crippen LogP contribution in [0.15, 0.2) is 47.5 Å². The van der Waals surface area contributed by atoms with Gasteiger partial charge in [-0.2, -0.15) is 5.10 Å². The minimum Gasteiger partial charge on any atom is -0.301 e. The Labute approximate surface area is 134 Å². The first-order valence-corrected chi connectivity index (χ1v) is 7.21. The van der Waals surface area contributed by atoms with Gasteiger partial charge in [-0.3, -0.25) is 4.79 Å². The largest absolute Gasteiger partial charge is 0.301 e. The van der Waals surface area contributed by atoms with E-state index in [-0.39, 0.29) is 5.56 Å². The van der Waals surface area contributed by atoms with Crippen LogP contribution in [0.3, 0.4) is 0 Å². The maximum Gasteiger partial charge on any atom is 0.268 e. The molecule has 0 bridgehead atoms. The Kier molecular flexibility index (Phi) is 3.82. The van der Waals surface area contributed by atoms with Gasteiger partial charge in [-0.25, -0.2) is 9.67 Å². The van der Waals surface area contributed by atoms with Crippen LogP contribution in [-0.4, -0.2) is 19.3 Å². The molecule has 0 N–H and O–H groups in total. The third kappa shape index (κ3) is 3.22. The number of imidazole rings is 1. The van der Waals surface area contributed by atoms with Crippen molar-refractivity contribution in [3.63, 3.8) is 0 Å². The van der Waals surface area contributed by atoms with Gasteiger partial charge < -0.3 is 4.57 Å². The predicted molar refractivity (Wildman–Crippen MR) is 88.5 cm³/mol. The Balaban J connectivity index is 1.95. The molecule has 0 saturated heterocycles. The molecular formula is C18H16N4O. The fourth-order valence-electron chi connectivity index (χ4n) is 2.24. The lowest BCUT2D eigenvalue weighted by Crippen LogP contribution is -2.19. The molecule has 2 aromatic heterocycles. The van der Waals surface area contributed by atoms with Crippen LogP contribution in [0, 0.1) is 25.7 Å². The van der Waals surface area contributed by atoms with Crippen LogP contribution in [0.25, 0.3) is 5.69 Å². The van der Waals surface area contributed by atoms with Gasteiger partial charge >= 0.3 is 0 Å². The van der Waals surface area contributed by atoms with E-state index in [4.69, 9.17) is 0 Å². The van der Waals surface area contributed by atoms with E-state index in [1.165, 1.54) is 16.3 Å². The summed E-state index contributed by atoms with van der Waals surface area (Å²) in [5.74, 6) is 6.92. The molecular weight excluding hydrogens is 288 g/mol. The van der Waals surface area contributed by atoms with Gasteiger partial charge in [-0.1, -0.05) is 18.1 Å². The quantitative estimate of drug-likeness (QED) is 0.646. The van der Waals surface area contributed by atoms with Crippen LogP contribution in [0.1, 0.15) is 22.6 Å². The van der Waals surface area contributed by atoms with Gasteiger partial charge in [0.25, 0.3) is 5.56 Å². The second-order valence-electron chi connectivity index (χ2n) is 5.34. The molecule has 0 aliphatic heterocycles. The molecule has 0 spiro atoms. The molecule has 0 amide bonds. The minimum atomic E-state index is -0.164. The molecule has 0 atom stereocenters. The zero-order chi connectivity index (χ0) is 16.4. The first-order valence-electron chi connectivity index (χ1n) is 7.21. The first kappa shape index (κ1) is 14.8. The van der Waals surface area contributed by atoms with E-state index in [2.05, 4.69) is 21.9 Å². The zero-order valence-electron chi connectivity index (χ0n) is 13.2. The number of benzene rings is 1. The van der Waals surface area contributed by atoms with Crippen LogP contribution in [-0.2, 0) is 7.05 Å². The number of hydrogen-bond acceptors (Lipinski definition) is 3. The number of aromatic nitrogens is 4. The number of hydrogen-bond donors (Lipinski definition) is 0. The molecule has 0 radical (unpaired) electrons. The summed E-state index contributed by atoms with van der Waals surface area (Å²) in [6, 6.07) is 9.54. The molecule has 0 fully saturated rings. The molecule has 0 aliphatic rings. The lowest BCUT2D eigenvalue weighted by molar-refractivity contribution is 0.701. The Morgan fingerprint density at radius 2 is 1.96 bits per heavy atom. The molecule has 0 aliphatic carbocycles. The monoisotopic (exact) mass is 304 g/mol. The molecule has 2 heterocycles. The molecule has 5 heteroatoms.